The molecule has 4 aromatic rings. The smallest absolute Gasteiger partial charge is 0.226 e. The Bertz CT molecular complexity index is 921. The number of rotatable bonds is 4. The largest absolute Gasteiger partial charge is 0.444 e. The fraction of sp³-hybridized carbons (Fsp3) is 0.182. The standard InChI is InChI=1S/C11H10ClNO.C11H12N2O/c2*1-8-2-4-9(5-3-8)11-13-10(6-12)7-14-11/h2-5,7H,6H2,1H3;2-5,7H,6,12H2,1H3. The summed E-state index contributed by atoms with van der Waals surface area (Å²) in [6.45, 7) is 4.50. The molecule has 0 radical (unpaired) electrons. The van der Waals surface area contributed by atoms with E-state index in [0.29, 0.717) is 24.2 Å². The Hall–Kier alpha value is -2.89. The van der Waals surface area contributed by atoms with Crippen molar-refractivity contribution in [2.24, 2.45) is 5.73 Å². The van der Waals surface area contributed by atoms with Gasteiger partial charge in [0.2, 0.25) is 11.8 Å². The Morgan fingerprint density at radius 3 is 1.54 bits per heavy atom. The van der Waals surface area contributed by atoms with Crippen molar-refractivity contribution in [2.45, 2.75) is 26.3 Å². The quantitative estimate of drug-likeness (QED) is 0.462. The first kappa shape index (κ1) is 19.9. The van der Waals surface area contributed by atoms with E-state index < -0.39 is 0 Å². The second-order valence-corrected chi connectivity index (χ2v) is 6.63. The van der Waals surface area contributed by atoms with E-state index in [1.807, 2.05) is 62.4 Å². The van der Waals surface area contributed by atoms with Gasteiger partial charge in [0.1, 0.15) is 12.5 Å². The zero-order chi connectivity index (χ0) is 19.9. The molecule has 4 rings (SSSR count). The van der Waals surface area contributed by atoms with Crippen LogP contribution in [0.15, 0.2) is 69.9 Å². The van der Waals surface area contributed by atoms with E-state index in [4.69, 9.17) is 26.2 Å². The van der Waals surface area contributed by atoms with Gasteiger partial charge in [-0.05, 0) is 38.1 Å². The highest BCUT2D eigenvalue weighted by molar-refractivity contribution is 6.16. The number of hydrogen-bond donors (Lipinski definition) is 1. The lowest BCUT2D eigenvalue weighted by molar-refractivity contribution is 0.572. The summed E-state index contributed by atoms with van der Waals surface area (Å²) in [4.78, 5) is 8.47. The summed E-state index contributed by atoms with van der Waals surface area (Å²) in [6.07, 6.45) is 3.18. The van der Waals surface area contributed by atoms with Gasteiger partial charge in [-0.1, -0.05) is 35.4 Å². The van der Waals surface area contributed by atoms with Crippen molar-refractivity contribution in [3.05, 3.63) is 83.6 Å². The van der Waals surface area contributed by atoms with E-state index in [2.05, 4.69) is 9.97 Å². The molecule has 144 valence electrons. The van der Waals surface area contributed by atoms with Gasteiger partial charge in [-0.3, -0.25) is 0 Å². The number of hydrogen-bond acceptors (Lipinski definition) is 5. The molecule has 5 nitrogen and oxygen atoms in total. The molecule has 0 bridgehead atoms. The molecule has 0 saturated carbocycles. The van der Waals surface area contributed by atoms with Crippen LogP contribution < -0.4 is 5.73 Å². The number of aryl methyl sites for hydroxylation is 2. The summed E-state index contributed by atoms with van der Waals surface area (Å²) in [7, 11) is 0. The van der Waals surface area contributed by atoms with E-state index in [0.717, 1.165) is 22.5 Å². The molecule has 2 N–H and O–H groups in total. The van der Waals surface area contributed by atoms with Gasteiger partial charge in [0.25, 0.3) is 0 Å². The number of aromatic nitrogens is 2. The number of alkyl halides is 1. The normalized spacial score (nSPS) is 10.4. The van der Waals surface area contributed by atoms with E-state index in [1.54, 1.807) is 12.5 Å². The average molecular weight is 396 g/mol. The highest BCUT2D eigenvalue weighted by Gasteiger charge is 2.05. The first-order valence-corrected chi connectivity index (χ1v) is 9.41. The highest BCUT2D eigenvalue weighted by atomic mass is 35.5. The lowest BCUT2D eigenvalue weighted by Gasteiger charge is -1.95. The monoisotopic (exact) mass is 395 g/mol. The first-order chi connectivity index (χ1) is 13.6. The second-order valence-electron chi connectivity index (χ2n) is 6.36. The van der Waals surface area contributed by atoms with Crippen LogP contribution in [-0.2, 0) is 12.4 Å². The SMILES string of the molecule is Cc1ccc(-c2nc(CCl)co2)cc1.Cc1ccc(-c2nc(CN)co2)cc1. The van der Waals surface area contributed by atoms with Gasteiger partial charge in [0.05, 0.1) is 17.3 Å². The van der Waals surface area contributed by atoms with Crippen LogP contribution >= 0.6 is 11.6 Å². The Balaban J connectivity index is 0.000000161. The van der Waals surface area contributed by atoms with Crippen molar-refractivity contribution in [2.75, 3.05) is 0 Å². The maximum atomic E-state index is 5.63. The molecule has 0 aliphatic heterocycles. The number of nitrogens with zero attached hydrogens (tertiary/aromatic N) is 2. The molecule has 0 aliphatic carbocycles. The van der Waals surface area contributed by atoms with Gasteiger partial charge in [-0.15, -0.1) is 11.6 Å². The number of nitrogens with two attached hydrogens (primary N) is 1. The number of oxazole rings is 2. The van der Waals surface area contributed by atoms with E-state index in [-0.39, 0.29) is 0 Å². The van der Waals surface area contributed by atoms with Gasteiger partial charge in [-0.25, -0.2) is 9.97 Å². The summed E-state index contributed by atoms with van der Waals surface area (Å²) in [6, 6.07) is 16.1. The maximum Gasteiger partial charge on any atom is 0.226 e. The number of halogens is 1. The van der Waals surface area contributed by atoms with Crippen LogP contribution in [0.5, 0.6) is 0 Å². The van der Waals surface area contributed by atoms with Crippen LogP contribution in [0.2, 0.25) is 0 Å². The fourth-order valence-electron chi connectivity index (χ4n) is 2.43. The molecule has 0 amide bonds. The van der Waals surface area contributed by atoms with Crippen LogP contribution in [0.3, 0.4) is 0 Å². The highest BCUT2D eigenvalue weighted by Crippen LogP contribution is 2.20. The van der Waals surface area contributed by atoms with E-state index >= 15 is 0 Å². The fourth-order valence-corrected chi connectivity index (χ4v) is 2.55. The van der Waals surface area contributed by atoms with Crippen molar-refractivity contribution in [1.29, 1.82) is 0 Å². The second kappa shape index (κ2) is 9.35. The average Bonchev–Trinajstić information content (AvgIpc) is 3.39. The minimum absolute atomic E-state index is 0.384. The lowest BCUT2D eigenvalue weighted by atomic mass is 10.1. The van der Waals surface area contributed by atoms with Crippen LogP contribution in [0.4, 0.5) is 0 Å². The zero-order valence-corrected chi connectivity index (χ0v) is 16.6. The Labute approximate surface area is 169 Å². The molecule has 2 heterocycles. The summed E-state index contributed by atoms with van der Waals surface area (Å²) >= 11 is 5.63. The van der Waals surface area contributed by atoms with Crippen molar-refractivity contribution in [3.8, 4) is 22.9 Å². The lowest BCUT2D eigenvalue weighted by Crippen LogP contribution is -1.95. The van der Waals surface area contributed by atoms with Crippen molar-refractivity contribution in [1.82, 2.24) is 9.97 Å². The van der Waals surface area contributed by atoms with Gasteiger partial charge in [-0.2, -0.15) is 0 Å². The van der Waals surface area contributed by atoms with Crippen LogP contribution in [0, 0.1) is 13.8 Å². The third kappa shape index (κ3) is 5.09. The van der Waals surface area contributed by atoms with E-state index in [9.17, 15) is 0 Å². The van der Waals surface area contributed by atoms with Gasteiger partial charge in [0, 0.05) is 17.7 Å². The van der Waals surface area contributed by atoms with E-state index in [1.165, 1.54) is 11.1 Å². The molecule has 6 heteroatoms. The maximum absolute atomic E-state index is 5.63. The third-order valence-electron chi connectivity index (χ3n) is 4.05. The Morgan fingerprint density at radius 2 is 1.18 bits per heavy atom. The van der Waals surface area contributed by atoms with Crippen LogP contribution in [0.1, 0.15) is 22.5 Å². The zero-order valence-electron chi connectivity index (χ0n) is 15.9. The molecule has 0 saturated heterocycles. The van der Waals surface area contributed by atoms with Crippen molar-refractivity contribution >= 4 is 11.6 Å². The summed E-state index contributed by atoms with van der Waals surface area (Å²) in [5.74, 6) is 1.64. The molecule has 0 fully saturated rings. The number of benzene rings is 2. The first-order valence-electron chi connectivity index (χ1n) is 8.88. The third-order valence-corrected chi connectivity index (χ3v) is 4.32. The van der Waals surface area contributed by atoms with Crippen LogP contribution in [-0.4, -0.2) is 9.97 Å². The minimum Gasteiger partial charge on any atom is -0.444 e. The van der Waals surface area contributed by atoms with Crippen molar-refractivity contribution in [3.63, 3.8) is 0 Å². The van der Waals surface area contributed by atoms with Gasteiger partial charge < -0.3 is 14.6 Å². The summed E-state index contributed by atoms with van der Waals surface area (Å²) < 4.78 is 10.6. The minimum atomic E-state index is 0.384. The molecule has 0 spiro atoms. The summed E-state index contributed by atoms with van der Waals surface area (Å²) in [5.41, 5.74) is 11.4. The Kier molecular flexibility index (Phi) is 6.63. The molecule has 28 heavy (non-hydrogen) atoms. The topological polar surface area (TPSA) is 78.1 Å². The van der Waals surface area contributed by atoms with Gasteiger partial charge >= 0.3 is 0 Å². The van der Waals surface area contributed by atoms with Crippen LogP contribution in [0.25, 0.3) is 22.9 Å². The molecule has 0 aliphatic rings. The Morgan fingerprint density at radius 1 is 0.750 bits per heavy atom. The molecule has 0 atom stereocenters. The molecular formula is C22H22ClN3O2. The summed E-state index contributed by atoms with van der Waals surface area (Å²) in [5, 5.41) is 0. The molecule has 2 aromatic heterocycles. The molecule has 0 unspecified atom stereocenters. The van der Waals surface area contributed by atoms with Crippen molar-refractivity contribution < 1.29 is 8.83 Å². The molecular weight excluding hydrogens is 374 g/mol. The predicted molar refractivity (Wildman–Crippen MR) is 111 cm³/mol. The predicted octanol–water partition coefficient (Wildman–Crippen LogP) is 5.50. The van der Waals surface area contributed by atoms with Gasteiger partial charge in [0.15, 0.2) is 0 Å². The molecule has 2 aromatic carbocycles.